The minimum absolute atomic E-state index is 0.0189. The summed E-state index contributed by atoms with van der Waals surface area (Å²) in [5.41, 5.74) is 3.45. The summed E-state index contributed by atoms with van der Waals surface area (Å²) >= 11 is 0. The van der Waals surface area contributed by atoms with E-state index >= 15 is 0 Å². The van der Waals surface area contributed by atoms with Gasteiger partial charge < -0.3 is 15.5 Å². The van der Waals surface area contributed by atoms with Crippen molar-refractivity contribution in [3.8, 4) is 11.5 Å². The monoisotopic (exact) mass is 338 g/mol. The Balaban J connectivity index is 1.84. The van der Waals surface area contributed by atoms with E-state index in [-0.39, 0.29) is 40.0 Å². The fourth-order valence-electron chi connectivity index (χ4n) is 4.08. The summed E-state index contributed by atoms with van der Waals surface area (Å²) in [6.45, 7) is 1.85. The van der Waals surface area contributed by atoms with Crippen LogP contribution < -0.4 is 5.32 Å². The molecule has 3 N–H and O–H groups in total. The third-order valence-electron chi connectivity index (χ3n) is 5.21. The first-order chi connectivity index (χ1) is 12.0. The second-order valence-electron chi connectivity index (χ2n) is 6.70. The number of phenolic OH excluding ortho intramolecular Hbond substituents is 2. The van der Waals surface area contributed by atoms with Crippen LogP contribution in [0.15, 0.2) is 42.5 Å². The molecule has 1 heterocycles. The van der Waals surface area contributed by atoms with E-state index in [1.54, 1.807) is 24.3 Å². The number of aryl methyl sites for hydroxylation is 1. The number of nitrogens with zero attached hydrogens (tertiary/aromatic N) is 1. The van der Waals surface area contributed by atoms with Gasteiger partial charge in [-0.3, -0.25) is 10.1 Å². The van der Waals surface area contributed by atoms with Crippen LogP contribution in [0.2, 0.25) is 0 Å². The Kier molecular flexibility index (Phi) is 3.42. The summed E-state index contributed by atoms with van der Waals surface area (Å²) in [6.07, 6.45) is 5.01. The normalized spacial score (nSPS) is 23.6. The number of nitro benzene ring substituents is 1. The lowest BCUT2D eigenvalue weighted by molar-refractivity contribution is -0.385. The molecule has 6 nitrogen and oxygen atoms in total. The van der Waals surface area contributed by atoms with Crippen LogP contribution in [0.4, 0.5) is 11.4 Å². The summed E-state index contributed by atoms with van der Waals surface area (Å²) in [4.78, 5) is 10.8. The Morgan fingerprint density at radius 3 is 2.72 bits per heavy atom. The van der Waals surface area contributed by atoms with Gasteiger partial charge in [0.2, 0.25) is 0 Å². The van der Waals surface area contributed by atoms with E-state index in [0.717, 1.165) is 28.8 Å². The zero-order valence-corrected chi connectivity index (χ0v) is 13.6. The molecule has 0 fully saturated rings. The maximum atomic E-state index is 11.2. The van der Waals surface area contributed by atoms with E-state index in [2.05, 4.69) is 17.5 Å². The fraction of sp³-hybridized carbons (Fsp3) is 0.263. The number of nitro groups is 1. The van der Waals surface area contributed by atoms with Crippen LogP contribution in [0.25, 0.3) is 0 Å². The Morgan fingerprint density at radius 1 is 1.20 bits per heavy atom. The maximum absolute atomic E-state index is 11.2. The highest BCUT2D eigenvalue weighted by molar-refractivity contribution is 5.67. The van der Waals surface area contributed by atoms with E-state index in [1.807, 2.05) is 6.92 Å². The topological polar surface area (TPSA) is 95.6 Å². The number of hydrogen-bond acceptors (Lipinski definition) is 5. The van der Waals surface area contributed by atoms with Gasteiger partial charge in [-0.25, -0.2) is 0 Å². The molecule has 2 aromatic carbocycles. The third kappa shape index (κ3) is 2.41. The van der Waals surface area contributed by atoms with Crippen molar-refractivity contribution < 1.29 is 15.1 Å². The molecule has 4 rings (SSSR count). The van der Waals surface area contributed by atoms with Crippen LogP contribution >= 0.6 is 0 Å². The molecule has 25 heavy (non-hydrogen) atoms. The summed E-state index contributed by atoms with van der Waals surface area (Å²) < 4.78 is 0. The molecule has 0 spiro atoms. The Labute approximate surface area is 144 Å². The molecule has 0 aromatic heterocycles. The highest BCUT2D eigenvalue weighted by Gasteiger charge is 2.40. The largest absolute Gasteiger partial charge is 0.508 e. The quantitative estimate of drug-likeness (QED) is 0.434. The summed E-state index contributed by atoms with van der Waals surface area (Å²) in [5.74, 6) is 0.286. The standard InChI is InChI=1S/C19H18N2O4/c1-10-7-11(21(24)25)8-16-13-3-2-4-14(13)19(20-18(10)16)15-6-5-12(22)9-17(15)23/h2-3,5-9,13-14,19-20,22-23H,4H2,1H3. The molecule has 128 valence electrons. The van der Waals surface area contributed by atoms with Gasteiger partial charge in [-0.1, -0.05) is 12.2 Å². The average Bonchev–Trinajstić information content (AvgIpc) is 3.04. The molecule has 0 saturated carbocycles. The van der Waals surface area contributed by atoms with E-state index in [1.165, 1.54) is 6.07 Å². The minimum atomic E-state index is -0.362. The predicted octanol–water partition coefficient (Wildman–Crippen LogP) is 4.14. The molecule has 0 radical (unpaired) electrons. The van der Waals surface area contributed by atoms with Crippen LogP contribution in [0.3, 0.4) is 0 Å². The minimum Gasteiger partial charge on any atom is -0.508 e. The van der Waals surface area contributed by atoms with Crippen LogP contribution in [0.1, 0.15) is 35.1 Å². The number of hydrogen-bond donors (Lipinski definition) is 3. The maximum Gasteiger partial charge on any atom is 0.270 e. The first-order valence-corrected chi connectivity index (χ1v) is 8.19. The van der Waals surface area contributed by atoms with Gasteiger partial charge >= 0.3 is 0 Å². The highest BCUT2D eigenvalue weighted by Crippen LogP contribution is 2.52. The van der Waals surface area contributed by atoms with Gasteiger partial charge in [-0.2, -0.15) is 0 Å². The Morgan fingerprint density at radius 2 is 2.00 bits per heavy atom. The zero-order chi connectivity index (χ0) is 17.7. The van der Waals surface area contributed by atoms with Crippen molar-refractivity contribution in [3.63, 3.8) is 0 Å². The first kappa shape index (κ1) is 15.5. The van der Waals surface area contributed by atoms with Gasteiger partial charge in [0.05, 0.1) is 11.0 Å². The number of fused-ring (bicyclic) bond motifs is 3. The number of nitrogens with one attached hydrogen (secondary N) is 1. The first-order valence-electron chi connectivity index (χ1n) is 8.19. The fourth-order valence-corrected chi connectivity index (χ4v) is 4.08. The van der Waals surface area contributed by atoms with E-state index < -0.39 is 0 Å². The van der Waals surface area contributed by atoms with Gasteiger partial charge in [0.15, 0.2) is 0 Å². The van der Waals surface area contributed by atoms with Crippen molar-refractivity contribution in [2.24, 2.45) is 5.92 Å². The van der Waals surface area contributed by atoms with Gasteiger partial charge in [-0.05, 0) is 42.5 Å². The molecule has 3 atom stereocenters. The van der Waals surface area contributed by atoms with Crippen molar-refractivity contribution in [2.45, 2.75) is 25.3 Å². The van der Waals surface area contributed by atoms with E-state index in [9.17, 15) is 20.3 Å². The van der Waals surface area contributed by atoms with Crippen LogP contribution in [0.5, 0.6) is 11.5 Å². The number of anilines is 1. The number of non-ortho nitro benzene ring substituents is 1. The predicted molar refractivity (Wildman–Crippen MR) is 94.0 cm³/mol. The number of allylic oxidation sites excluding steroid dienone is 2. The number of benzene rings is 2. The number of aromatic hydroxyl groups is 2. The van der Waals surface area contributed by atoms with Crippen molar-refractivity contribution >= 4 is 11.4 Å². The molecular formula is C19H18N2O4. The summed E-state index contributed by atoms with van der Waals surface area (Å²) in [5, 5.41) is 34.5. The number of rotatable bonds is 2. The lowest BCUT2D eigenvalue weighted by Crippen LogP contribution is -2.29. The van der Waals surface area contributed by atoms with Crippen molar-refractivity contribution in [1.29, 1.82) is 0 Å². The Bertz CT molecular complexity index is 907. The van der Waals surface area contributed by atoms with Gasteiger partial charge in [-0.15, -0.1) is 0 Å². The van der Waals surface area contributed by atoms with Crippen LogP contribution in [-0.4, -0.2) is 15.1 Å². The van der Waals surface area contributed by atoms with Crippen LogP contribution in [-0.2, 0) is 0 Å². The van der Waals surface area contributed by atoms with Gasteiger partial charge in [0.1, 0.15) is 11.5 Å². The highest BCUT2D eigenvalue weighted by atomic mass is 16.6. The molecular weight excluding hydrogens is 320 g/mol. The molecule has 2 aliphatic rings. The van der Waals surface area contributed by atoms with E-state index in [4.69, 9.17) is 0 Å². The van der Waals surface area contributed by atoms with Crippen LogP contribution in [0, 0.1) is 23.0 Å². The molecule has 1 aliphatic carbocycles. The summed E-state index contributed by atoms with van der Waals surface area (Å²) in [7, 11) is 0. The third-order valence-corrected chi connectivity index (χ3v) is 5.21. The molecule has 0 amide bonds. The second kappa shape index (κ2) is 5.51. The molecule has 2 aromatic rings. The van der Waals surface area contributed by atoms with Gasteiger partial charge in [0, 0.05) is 35.4 Å². The van der Waals surface area contributed by atoms with Crippen molar-refractivity contribution in [1.82, 2.24) is 0 Å². The second-order valence-corrected chi connectivity index (χ2v) is 6.70. The zero-order valence-electron chi connectivity index (χ0n) is 13.6. The Hall–Kier alpha value is -3.02. The van der Waals surface area contributed by atoms with Crippen molar-refractivity contribution in [3.05, 3.63) is 69.3 Å². The lowest BCUT2D eigenvalue weighted by Gasteiger charge is -2.38. The molecule has 3 unspecified atom stereocenters. The number of phenols is 2. The molecule has 0 saturated heterocycles. The SMILES string of the molecule is Cc1cc([N+](=O)[O-])cc2c1NC(c1ccc(O)cc1O)C1CC=CC21. The smallest absolute Gasteiger partial charge is 0.270 e. The molecule has 1 aliphatic heterocycles. The van der Waals surface area contributed by atoms with Crippen molar-refractivity contribution in [2.75, 3.05) is 5.32 Å². The average molecular weight is 338 g/mol. The molecule has 6 heteroatoms. The summed E-state index contributed by atoms with van der Waals surface area (Å²) in [6, 6.07) is 7.71. The van der Waals surface area contributed by atoms with Gasteiger partial charge in [0.25, 0.3) is 5.69 Å². The molecule has 0 bridgehead atoms. The van der Waals surface area contributed by atoms with E-state index in [0.29, 0.717) is 0 Å². The lowest BCUT2D eigenvalue weighted by atomic mass is 9.76.